The summed E-state index contributed by atoms with van der Waals surface area (Å²) in [4.78, 5) is 23.6. The Morgan fingerprint density at radius 2 is 2.10 bits per heavy atom. The molecule has 114 valence electrons. The van der Waals surface area contributed by atoms with Crippen LogP contribution in [-0.2, 0) is 16.0 Å². The summed E-state index contributed by atoms with van der Waals surface area (Å²) in [6, 6.07) is 8.55. The molecule has 0 saturated heterocycles. The summed E-state index contributed by atoms with van der Waals surface area (Å²) in [7, 11) is 0. The average Bonchev–Trinajstić information content (AvgIpc) is 2.82. The maximum atomic E-state index is 12.2. The molecule has 2 unspecified atom stereocenters. The standard InChI is InChI=1S/C16H22N2O3/c1-16(15(20)21)9-5-8-13(16)18-14(19)12(17)10-11-6-3-2-4-7-11/h2-4,6-7,12-13H,5,8-10,17H2,1H3,(H,18,19)(H,20,21)/t12-,13?,16?/m0/s1. The van der Waals surface area contributed by atoms with Crippen molar-refractivity contribution in [3.63, 3.8) is 0 Å². The van der Waals surface area contributed by atoms with Gasteiger partial charge in [0.1, 0.15) is 0 Å². The fourth-order valence-corrected chi connectivity index (χ4v) is 2.89. The first-order valence-corrected chi connectivity index (χ1v) is 7.27. The summed E-state index contributed by atoms with van der Waals surface area (Å²) in [5.41, 5.74) is 6.04. The number of benzene rings is 1. The Morgan fingerprint density at radius 3 is 2.71 bits per heavy atom. The maximum Gasteiger partial charge on any atom is 0.311 e. The van der Waals surface area contributed by atoms with E-state index in [1.54, 1.807) is 6.92 Å². The molecule has 1 aromatic rings. The van der Waals surface area contributed by atoms with Crippen LogP contribution in [-0.4, -0.2) is 29.1 Å². The van der Waals surface area contributed by atoms with E-state index in [-0.39, 0.29) is 11.9 Å². The van der Waals surface area contributed by atoms with Crippen LogP contribution in [0.3, 0.4) is 0 Å². The molecule has 2 rings (SSSR count). The fraction of sp³-hybridized carbons (Fsp3) is 0.500. The largest absolute Gasteiger partial charge is 0.481 e. The van der Waals surface area contributed by atoms with Gasteiger partial charge in [-0.15, -0.1) is 0 Å². The summed E-state index contributed by atoms with van der Waals surface area (Å²) in [6.07, 6.45) is 2.53. The van der Waals surface area contributed by atoms with Gasteiger partial charge < -0.3 is 16.2 Å². The van der Waals surface area contributed by atoms with Gasteiger partial charge in [0.05, 0.1) is 11.5 Å². The number of carbonyl (C=O) groups is 2. The van der Waals surface area contributed by atoms with Gasteiger partial charge in [-0.25, -0.2) is 0 Å². The van der Waals surface area contributed by atoms with Gasteiger partial charge in [-0.05, 0) is 31.7 Å². The molecule has 0 heterocycles. The lowest BCUT2D eigenvalue weighted by Gasteiger charge is -2.28. The SMILES string of the molecule is CC1(C(=O)O)CCCC1NC(=O)[C@@H](N)Cc1ccccc1. The molecule has 1 aromatic carbocycles. The summed E-state index contributed by atoms with van der Waals surface area (Å²) < 4.78 is 0. The third-order valence-electron chi connectivity index (χ3n) is 4.40. The molecular weight excluding hydrogens is 268 g/mol. The number of nitrogens with one attached hydrogen (secondary N) is 1. The molecule has 0 spiro atoms. The quantitative estimate of drug-likeness (QED) is 0.762. The zero-order chi connectivity index (χ0) is 15.5. The first-order chi connectivity index (χ1) is 9.93. The van der Waals surface area contributed by atoms with Gasteiger partial charge in [-0.3, -0.25) is 9.59 Å². The third-order valence-corrected chi connectivity index (χ3v) is 4.40. The molecule has 3 atom stereocenters. The Balaban J connectivity index is 1.96. The number of amides is 1. The summed E-state index contributed by atoms with van der Waals surface area (Å²) >= 11 is 0. The normalized spacial score (nSPS) is 26.3. The lowest BCUT2D eigenvalue weighted by Crippen LogP contribution is -2.52. The lowest BCUT2D eigenvalue weighted by atomic mass is 9.84. The van der Waals surface area contributed by atoms with E-state index in [4.69, 9.17) is 5.73 Å². The Labute approximate surface area is 124 Å². The summed E-state index contributed by atoms with van der Waals surface area (Å²) in [5.74, 6) is -1.14. The van der Waals surface area contributed by atoms with Gasteiger partial charge in [0.25, 0.3) is 0 Å². The van der Waals surface area contributed by atoms with Crippen LogP contribution in [0.5, 0.6) is 0 Å². The maximum absolute atomic E-state index is 12.2. The molecule has 1 fully saturated rings. The van der Waals surface area contributed by atoms with Gasteiger partial charge in [-0.2, -0.15) is 0 Å². The van der Waals surface area contributed by atoms with E-state index in [1.807, 2.05) is 30.3 Å². The third kappa shape index (κ3) is 3.42. The summed E-state index contributed by atoms with van der Waals surface area (Å²) in [5, 5.41) is 12.2. The van der Waals surface area contributed by atoms with Crippen LogP contribution >= 0.6 is 0 Å². The van der Waals surface area contributed by atoms with Crippen LogP contribution < -0.4 is 11.1 Å². The topological polar surface area (TPSA) is 92.4 Å². The fourth-order valence-electron chi connectivity index (χ4n) is 2.89. The van der Waals surface area contributed by atoms with Crippen LogP contribution in [0, 0.1) is 5.41 Å². The second-order valence-corrected chi connectivity index (χ2v) is 5.97. The molecule has 4 N–H and O–H groups in total. The number of rotatable bonds is 5. The van der Waals surface area contributed by atoms with Crippen molar-refractivity contribution in [2.75, 3.05) is 0 Å². The minimum absolute atomic E-state index is 0.279. The van der Waals surface area contributed by atoms with Gasteiger partial charge >= 0.3 is 5.97 Å². The van der Waals surface area contributed by atoms with E-state index >= 15 is 0 Å². The van der Waals surface area contributed by atoms with Crippen LogP contribution in [0.2, 0.25) is 0 Å². The van der Waals surface area contributed by atoms with E-state index in [0.29, 0.717) is 19.3 Å². The number of hydrogen-bond acceptors (Lipinski definition) is 3. The predicted octanol–water partition coefficient (Wildman–Crippen LogP) is 1.32. The molecule has 1 saturated carbocycles. The number of carboxylic acid groups (broad SMARTS) is 1. The highest BCUT2D eigenvalue weighted by atomic mass is 16.4. The van der Waals surface area contributed by atoms with Crippen LogP contribution in [0.15, 0.2) is 30.3 Å². The molecule has 21 heavy (non-hydrogen) atoms. The van der Waals surface area contributed by atoms with E-state index in [1.165, 1.54) is 0 Å². The first kappa shape index (κ1) is 15.5. The van der Waals surface area contributed by atoms with Crippen molar-refractivity contribution in [2.24, 2.45) is 11.1 Å². The molecule has 0 radical (unpaired) electrons. The molecule has 0 bridgehead atoms. The highest BCUT2D eigenvalue weighted by molar-refractivity contribution is 5.84. The van der Waals surface area contributed by atoms with Crippen molar-refractivity contribution in [2.45, 2.75) is 44.7 Å². The average molecular weight is 290 g/mol. The van der Waals surface area contributed by atoms with Crippen molar-refractivity contribution in [1.29, 1.82) is 0 Å². The van der Waals surface area contributed by atoms with Crippen LogP contribution in [0.4, 0.5) is 0 Å². The monoisotopic (exact) mass is 290 g/mol. The smallest absolute Gasteiger partial charge is 0.311 e. The van der Waals surface area contributed by atoms with E-state index in [2.05, 4.69) is 5.32 Å². The lowest BCUT2D eigenvalue weighted by molar-refractivity contribution is -0.149. The minimum atomic E-state index is -0.887. The zero-order valence-electron chi connectivity index (χ0n) is 12.2. The number of hydrogen-bond donors (Lipinski definition) is 3. The molecule has 5 nitrogen and oxygen atoms in total. The second-order valence-electron chi connectivity index (χ2n) is 5.97. The second kappa shape index (κ2) is 6.26. The minimum Gasteiger partial charge on any atom is -0.481 e. The Morgan fingerprint density at radius 1 is 1.43 bits per heavy atom. The van der Waals surface area contributed by atoms with Gasteiger partial charge in [0.2, 0.25) is 5.91 Å². The highest BCUT2D eigenvalue weighted by Crippen LogP contribution is 2.38. The Bertz CT molecular complexity index is 518. The molecule has 0 aromatic heterocycles. The first-order valence-electron chi connectivity index (χ1n) is 7.27. The van der Waals surface area contributed by atoms with Crippen molar-refractivity contribution in [3.8, 4) is 0 Å². The van der Waals surface area contributed by atoms with Crippen molar-refractivity contribution in [1.82, 2.24) is 5.32 Å². The van der Waals surface area contributed by atoms with Crippen molar-refractivity contribution < 1.29 is 14.7 Å². The number of aliphatic carboxylic acids is 1. The molecule has 1 aliphatic rings. The summed E-state index contributed by atoms with van der Waals surface area (Å²) in [6.45, 7) is 1.69. The van der Waals surface area contributed by atoms with E-state index in [0.717, 1.165) is 12.0 Å². The van der Waals surface area contributed by atoms with E-state index in [9.17, 15) is 14.7 Å². The Hall–Kier alpha value is -1.88. The van der Waals surface area contributed by atoms with Crippen molar-refractivity contribution >= 4 is 11.9 Å². The van der Waals surface area contributed by atoms with Gasteiger partial charge in [0.15, 0.2) is 0 Å². The predicted molar refractivity (Wildman–Crippen MR) is 79.6 cm³/mol. The van der Waals surface area contributed by atoms with Crippen LogP contribution in [0.25, 0.3) is 0 Å². The number of carboxylic acids is 1. The number of nitrogens with two attached hydrogens (primary N) is 1. The van der Waals surface area contributed by atoms with Crippen LogP contribution in [0.1, 0.15) is 31.7 Å². The van der Waals surface area contributed by atoms with Gasteiger partial charge in [0, 0.05) is 6.04 Å². The molecular formula is C16H22N2O3. The molecule has 5 heteroatoms. The highest BCUT2D eigenvalue weighted by Gasteiger charge is 2.46. The molecule has 1 aliphatic carbocycles. The number of carbonyl (C=O) groups excluding carboxylic acids is 1. The molecule has 0 aliphatic heterocycles. The zero-order valence-corrected chi connectivity index (χ0v) is 12.2. The molecule has 1 amide bonds. The van der Waals surface area contributed by atoms with Gasteiger partial charge in [-0.1, -0.05) is 36.8 Å². The van der Waals surface area contributed by atoms with Crippen molar-refractivity contribution in [3.05, 3.63) is 35.9 Å². The van der Waals surface area contributed by atoms with E-state index < -0.39 is 17.4 Å². The Kier molecular flexibility index (Phi) is 4.63.